The smallest absolute Gasteiger partial charge is 0.352 e. The molecule has 2 aliphatic heterocycles. The summed E-state index contributed by atoms with van der Waals surface area (Å²) in [6, 6.07) is 2.34. The van der Waals surface area contributed by atoms with Gasteiger partial charge in [-0.15, -0.1) is 0 Å². The highest BCUT2D eigenvalue weighted by atomic mass is 35.5. The molecule has 174 valence electrons. The van der Waals surface area contributed by atoms with Crippen LogP contribution in [0.2, 0.25) is 5.02 Å². The van der Waals surface area contributed by atoms with Gasteiger partial charge < -0.3 is 30.6 Å². The zero-order valence-corrected chi connectivity index (χ0v) is 18.6. The van der Waals surface area contributed by atoms with Crippen LogP contribution in [0.5, 0.6) is 11.5 Å². The molecule has 0 saturated carbocycles. The number of aliphatic hydroxyl groups is 1. The molecule has 32 heavy (non-hydrogen) atoms. The fourth-order valence-electron chi connectivity index (χ4n) is 4.43. The summed E-state index contributed by atoms with van der Waals surface area (Å²) >= 11 is 5.96. The van der Waals surface area contributed by atoms with Crippen molar-refractivity contribution in [2.24, 2.45) is 11.8 Å². The number of β-lactam (4-membered cyclic amide) rings is 1. The number of carboxylic acid groups (broad SMARTS) is 1. The second-order valence-corrected chi connectivity index (χ2v) is 8.67. The molecule has 2 aliphatic rings. The molecule has 3 unspecified atom stereocenters. The predicted molar refractivity (Wildman–Crippen MR) is 114 cm³/mol. The van der Waals surface area contributed by atoms with Gasteiger partial charge >= 0.3 is 5.97 Å². The van der Waals surface area contributed by atoms with E-state index in [-0.39, 0.29) is 47.9 Å². The van der Waals surface area contributed by atoms with Crippen molar-refractivity contribution < 1.29 is 34.8 Å². The van der Waals surface area contributed by atoms with E-state index >= 15 is 0 Å². The van der Waals surface area contributed by atoms with Crippen LogP contribution in [0.4, 0.5) is 0 Å². The van der Waals surface area contributed by atoms with Gasteiger partial charge in [-0.05, 0) is 31.2 Å². The van der Waals surface area contributed by atoms with Gasteiger partial charge in [-0.25, -0.2) is 4.79 Å². The van der Waals surface area contributed by atoms with Crippen molar-refractivity contribution in [3.63, 3.8) is 0 Å². The monoisotopic (exact) mass is 467 g/mol. The van der Waals surface area contributed by atoms with Crippen LogP contribution in [0.3, 0.4) is 0 Å². The number of carbonyl (C=O) groups excluding carboxylic acids is 2. The number of hydrogen-bond donors (Lipinski definition) is 5. The molecule has 2 amide bonds. The number of aromatic hydroxyl groups is 2. The van der Waals surface area contributed by atoms with Crippen LogP contribution in [0, 0.1) is 11.8 Å². The maximum absolute atomic E-state index is 12.4. The lowest BCUT2D eigenvalue weighted by molar-refractivity contribution is -0.163. The Balaban J connectivity index is 1.64. The summed E-state index contributed by atoms with van der Waals surface area (Å²) in [5.74, 6) is -3.72. The third kappa shape index (κ3) is 4.13. The maximum Gasteiger partial charge on any atom is 0.352 e. The largest absolute Gasteiger partial charge is 0.504 e. The normalized spacial score (nSPS) is 23.2. The van der Waals surface area contributed by atoms with E-state index in [1.54, 1.807) is 11.9 Å². The number of phenols is 2. The fraction of sp³-hybridized carbons (Fsp3) is 0.476. The number of halogens is 1. The number of hydrogen-bond acceptors (Lipinski definition) is 7. The average molecular weight is 468 g/mol. The zero-order valence-electron chi connectivity index (χ0n) is 17.9. The predicted octanol–water partition coefficient (Wildman–Crippen LogP) is 0.495. The van der Waals surface area contributed by atoms with Crippen molar-refractivity contribution in [1.82, 2.24) is 15.1 Å². The topological polar surface area (TPSA) is 151 Å². The number of nitrogens with one attached hydrogen (secondary N) is 1. The van der Waals surface area contributed by atoms with Crippen molar-refractivity contribution in [3.05, 3.63) is 34.0 Å². The summed E-state index contributed by atoms with van der Waals surface area (Å²) in [4.78, 5) is 39.5. The molecular formula is C21H26ClN3O7. The van der Waals surface area contributed by atoms with Crippen molar-refractivity contribution in [1.29, 1.82) is 0 Å². The molecule has 1 aromatic carbocycles. The minimum absolute atomic E-state index is 0.0270. The second kappa shape index (κ2) is 8.97. The summed E-state index contributed by atoms with van der Waals surface area (Å²) in [6.07, 6.45) is -0.879. The Labute approximate surface area is 189 Å². The molecule has 2 heterocycles. The number of nitrogens with zero attached hydrogens (tertiary/aromatic N) is 2. The number of aliphatic hydroxyl groups excluding tert-OH is 1. The van der Waals surface area contributed by atoms with Crippen LogP contribution in [-0.2, 0) is 20.9 Å². The van der Waals surface area contributed by atoms with Crippen molar-refractivity contribution in [2.75, 3.05) is 20.1 Å². The molecule has 1 aromatic rings. The Morgan fingerprint density at radius 3 is 2.56 bits per heavy atom. The molecule has 0 radical (unpaired) electrons. The average Bonchev–Trinajstić information content (AvgIpc) is 2.94. The standard InChI is InChI=1S/C21H26ClN3O7/c1-9-12(18(21(31)32)25-17(9)15(10(2)26)20(25)30)7-24(3)8-14(28)23-6-11-4-5-13(27)19(29)16(11)22/h4-5,9-10,15,17,26-27,29H,6-8H2,1-3H3,(H,23,28)(H,31,32)/t9?,10?,15?,17-/m1/s1. The van der Waals surface area contributed by atoms with Gasteiger partial charge in [0.1, 0.15) is 5.70 Å². The van der Waals surface area contributed by atoms with Crippen LogP contribution in [-0.4, -0.2) is 80.3 Å². The van der Waals surface area contributed by atoms with Crippen molar-refractivity contribution >= 4 is 29.4 Å². The van der Waals surface area contributed by atoms with Gasteiger partial charge in [0.25, 0.3) is 0 Å². The fourth-order valence-corrected chi connectivity index (χ4v) is 4.65. The number of benzene rings is 1. The summed E-state index contributed by atoms with van der Waals surface area (Å²) in [5, 5.41) is 41.3. The molecule has 0 aliphatic carbocycles. The van der Waals surface area contributed by atoms with E-state index in [4.69, 9.17) is 11.6 Å². The number of carboxylic acids is 1. The van der Waals surface area contributed by atoms with E-state index in [1.165, 1.54) is 24.0 Å². The molecular weight excluding hydrogens is 442 g/mol. The molecule has 1 fully saturated rings. The summed E-state index contributed by atoms with van der Waals surface area (Å²) in [6.45, 7) is 3.46. The number of amides is 2. The highest BCUT2D eigenvalue weighted by molar-refractivity contribution is 6.33. The van der Waals surface area contributed by atoms with Crippen LogP contribution in [0.25, 0.3) is 0 Å². The Kier molecular flexibility index (Phi) is 6.68. The minimum atomic E-state index is -1.22. The lowest BCUT2D eigenvalue weighted by Gasteiger charge is -2.46. The first-order valence-electron chi connectivity index (χ1n) is 10.1. The molecule has 5 N–H and O–H groups in total. The van der Waals surface area contributed by atoms with Crippen LogP contribution >= 0.6 is 11.6 Å². The SMILES string of the molecule is CC(O)C1C(=O)N2C(C(=O)O)=C(CN(C)CC(=O)NCc3ccc(O)c(O)c3Cl)C(C)[C@H]12. The van der Waals surface area contributed by atoms with Crippen LogP contribution < -0.4 is 5.32 Å². The lowest BCUT2D eigenvalue weighted by atomic mass is 9.77. The van der Waals surface area contributed by atoms with E-state index < -0.39 is 35.7 Å². The number of rotatable bonds is 8. The highest BCUT2D eigenvalue weighted by Gasteiger charge is 2.59. The minimum Gasteiger partial charge on any atom is -0.504 e. The van der Waals surface area contributed by atoms with Gasteiger partial charge in [-0.1, -0.05) is 24.6 Å². The van der Waals surface area contributed by atoms with E-state index in [1.807, 2.05) is 6.92 Å². The summed E-state index contributed by atoms with van der Waals surface area (Å²) < 4.78 is 0. The van der Waals surface area contributed by atoms with Crippen LogP contribution in [0.1, 0.15) is 19.4 Å². The first-order valence-corrected chi connectivity index (χ1v) is 10.5. The zero-order chi connectivity index (χ0) is 23.9. The first kappa shape index (κ1) is 23.8. The summed E-state index contributed by atoms with van der Waals surface area (Å²) in [7, 11) is 1.65. The molecule has 0 aromatic heterocycles. The quantitative estimate of drug-likeness (QED) is 0.274. The Morgan fingerprint density at radius 2 is 1.97 bits per heavy atom. The van der Waals surface area contributed by atoms with Gasteiger partial charge in [0.05, 0.1) is 29.6 Å². The third-order valence-corrected chi connectivity index (χ3v) is 6.44. The molecule has 10 nitrogen and oxygen atoms in total. The first-order chi connectivity index (χ1) is 15.0. The number of aliphatic carboxylic acids is 1. The maximum atomic E-state index is 12.4. The Bertz CT molecular complexity index is 994. The molecule has 11 heteroatoms. The number of fused-ring (bicyclic) bond motifs is 1. The van der Waals surface area contributed by atoms with Gasteiger partial charge in [-0.3, -0.25) is 14.5 Å². The molecule has 0 spiro atoms. The molecule has 1 saturated heterocycles. The lowest BCUT2D eigenvalue weighted by Crippen LogP contribution is -2.63. The van der Waals surface area contributed by atoms with E-state index in [2.05, 4.69) is 5.32 Å². The second-order valence-electron chi connectivity index (χ2n) is 8.29. The van der Waals surface area contributed by atoms with Gasteiger partial charge in [0.15, 0.2) is 11.5 Å². The number of phenolic OH excluding ortho intramolecular Hbond substituents is 2. The van der Waals surface area contributed by atoms with Gasteiger partial charge in [-0.2, -0.15) is 0 Å². The molecule has 4 atom stereocenters. The summed E-state index contributed by atoms with van der Waals surface area (Å²) in [5.41, 5.74) is 0.870. The number of likely N-dealkylation sites (N-methyl/N-ethyl adjacent to an activating group) is 1. The Hall–Kier alpha value is -2.82. The molecule has 0 bridgehead atoms. The van der Waals surface area contributed by atoms with E-state index in [0.717, 1.165) is 0 Å². The van der Waals surface area contributed by atoms with Crippen LogP contribution in [0.15, 0.2) is 23.4 Å². The van der Waals surface area contributed by atoms with E-state index in [9.17, 15) is 34.8 Å². The van der Waals surface area contributed by atoms with Crippen molar-refractivity contribution in [2.45, 2.75) is 32.5 Å². The van der Waals surface area contributed by atoms with Crippen molar-refractivity contribution in [3.8, 4) is 11.5 Å². The molecule has 3 rings (SSSR count). The van der Waals surface area contributed by atoms with Gasteiger partial charge in [0.2, 0.25) is 11.8 Å². The third-order valence-electron chi connectivity index (χ3n) is 6.02. The van der Waals surface area contributed by atoms with Gasteiger partial charge in [0, 0.05) is 19.0 Å². The number of carbonyl (C=O) groups is 3. The highest BCUT2D eigenvalue weighted by Crippen LogP contribution is 2.47. The Morgan fingerprint density at radius 1 is 1.31 bits per heavy atom. The van der Waals surface area contributed by atoms with E-state index in [0.29, 0.717) is 11.1 Å².